The third kappa shape index (κ3) is 56.5. The Morgan fingerprint density at radius 2 is 0.817 bits per heavy atom. The zero-order valence-electron chi connectivity index (χ0n) is 48.2. The quantitative estimate of drug-likeness (QED) is 0.0272. The van der Waals surface area contributed by atoms with Gasteiger partial charge in [0.15, 0.2) is 0 Å². The van der Waals surface area contributed by atoms with Gasteiger partial charge in [0.1, 0.15) is 13.2 Å². The number of allylic oxidation sites excluding steroid dienone is 4. The van der Waals surface area contributed by atoms with Crippen LogP contribution in [0.4, 0.5) is 0 Å². The van der Waals surface area contributed by atoms with Gasteiger partial charge >= 0.3 is 0 Å². The molecule has 0 aliphatic rings. The molecule has 0 aromatic heterocycles. The number of carbonyl (C=O) groups excluding carboxylic acids is 1. The van der Waals surface area contributed by atoms with Crippen molar-refractivity contribution in [3.8, 4) is 0 Å². The number of rotatable bonds is 58. The first-order valence-corrected chi connectivity index (χ1v) is 32.6. The number of amides is 1. The van der Waals surface area contributed by atoms with Crippen LogP contribution in [-0.2, 0) is 18.4 Å². The molecule has 8 nitrogen and oxygen atoms in total. The van der Waals surface area contributed by atoms with Gasteiger partial charge in [0.25, 0.3) is 7.82 Å². The summed E-state index contributed by atoms with van der Waals surface area (Å²) in [6, 6.07) is -0.797. The molecule has 71 heavy (non-hydrogen) atoms. The van der Waals surface area contributed by atoms with E-state index < -0.39 is 20.0 Å². The summed E-state index contributed by atoms with van der Waals surface area (Å²) in [7, 11) is 1.32. The van der Waals surface area contributed by atoms with E-state index in [2.05, 4.69) is 43.5 Å². The molecule has 0 radical (unpaired) electrons. The number of nitrogens with zero attached hydrogens (tertiary/aromatic N) is 1. The van der Waals surface area contributed by atoms with E-state index in [0.29, 0.717) is 23.9 Å². The summed E-state index contributed by atoms with van der Waals surface area (Å²) in [4.78, 5) is 25.5. The van der Waals surface area contributed by atoms with Gasteiger partial charge in [-0.3, -0.25) is 9.36 Å². The molecule has 0 rings (SSSR count). The summed E-state index contributed by atoms with van der Waals surface area (Å²) < 4.78 is 23.4. The Hall–Kier alpha value is -1.02. The molecule has 0 heterocycles. The lowest BCUT2D eigenvalue weighted by Gasteiger charge is -2.30. The van der Waals surface area contributed by atoms with Crippen molar-refractivity contribution in [2.45, 2.75) is 328 Å². The number of aliphatic hydroxyl groups excluding tert-OH is 1. The molecule has 0 saturated carbocycles. The first kappa shape index (κ1) is 70.0. The standard InChI is InChI=1S/C62H123N2O6P/c1-6-8-10-12-14-16-18-20-22-23-24-25-26-27-28-29-30-31-32-33-34-35-36-37-38-39-40-41-42-44-46-48-50-52-54-56-62(66)63-60(59-70-71(67,68)69-58-57-64(3,4)5)61(65)55-53-51-49-47-45-43-21-19-17-15-13-11-9-7-2/h18,20,23-24,60-61,65H,6-17,19,21-22,25-59H2,1-5H3,(H-,63,66,67,68)/b20-18-,24-23-. The highest BCUT2D eigenvalue weighted by molar-refractivity contribution is 7.45. The van der Waals surface area contributed by atoms with Crippen molar-refractivity contribution in [3.05, 3.63) is 24.3 Å². The summed E-state index contributed by atoms with van der Waals surface area (Å²) >= 11 is 0. The van der Waals surface area contributed by atoms with Crippen LogP contribution in [0.3, 0.4) is 0 Å². The topological polar surface area (TPSA) is 108 Å². The van der Waals surface area contributed by atoms with Gasteiger partial charge in [-0.15, -0.1) is 0 Å². The highest BCUT2D eigenvalue weighted by Gasteiger charge is 2.24. The molecule has 3 unspecified atom stereocenters. The monoisotopic (exact) mass is 1020 g/mol. The molecule has 0 aliphatic carbocycles. The average Bonchev–Trinajstić information content (AvgIpc) is 3.33. The van der Waals surface area contributed by atoms with Gasteiger partial charge in [-0.1, -0.05) is 289 Å². The number of hydrogen-bond donors (Lipinski definition) is 2. The molecule has 1 amide bonds. The van der Waals surface area contributed by atoms with Crippen molar-refractivity contribution < 1.29 is 32.9 Å². The molecule has 0 fully saturated rings. The SMILES string of the molecule is CCCCCCC/C=C\C/C=C\CCCCCCCCCCCCCCCCCCCCCCCCCC(=O)NC(COP(=O)([O-])OCC[N+](C)(C)C)C(O)CCCCCCCCCCCCCCCC. The number of likely N-dealkylation sites (N-methyl/N-ethyl adjacent to an activating group) is 1. The minimum atomic E-state index is -4.57. The second-order valence-corrected chi connectivity index (χ2v) is 24.2. The van der Waals surface area contributed by atoms with Crippen molar-refractivity contribution in [2.75, 3.05) is 40.9 Å². The van der Waals surface area contributed by atoms with E-state index in [1.165, 1.54) is 244 Å². The van der Waals surface area contributed by atoms with Crippen molar-refractivity contribution >= 4 is 13.7 Å². The minimum Gasteiger partial charge on any atom is -0.756 e. The lowest BCUT2D eigenvalue weighted by molar-refractivity contribution is -0.870. The number of aliphatic hydroxyl groups is 1. The van der Waals surface area contributed by atoms with E-state index in [9.17, 15) is 19.4 Å². The molecule has 0 aromatic rings. The van der Waals surface area contributed by atoms with Gasteiger partial charge < -0.3 is 28.8 Å². The Bertz CT molecular complexity index is 1210. The van der Waals surface area contributed by atoms with Crippen LogP contribution in [0.2, 0.25) is 0 Å². The fraction of sp³-hybridized carbons (Fsp3) is 0.919. The second-order valence-electron chi connectivity index (χ2n) is 22.8. The van der Waals surface area contributed by atoms with E-state index in [4.69, 9.17) is 9.05 Å². The van der Waals surface area contributed by atoms with E-state index in [1.54, 1.807) is 0 Å². The first-order chi connectivity index (χ1) is 34.5. The summed E-state index contributed by atoms with van der Waals surface area (Å²) in [5.41, 5.74) is 0. The van der Waals surface area contributed by atoms with Gasteiger partial charge in [-0.2, -0.15) is 0 Å². The smallest absolute Gasteiger partial charge is 0.268 e. The summed E-state index contributed by atoms with van der Waals surface area (Å²) in [6.07, 6.45) is 68.1. The van der Waals surface area contributed by atoms with Crippen molar-refractivity contribution in [1.29, 1.82) is 0 Å². The molecule has 0 bridgehead atoms. The van der Waals surface area contributed by atoms with Gasteiger partial charge in [0.05, 0.1) is 39.9 Å². The lowest BCUT2D eigenvalue weighted by atomic mass is 10.0. The van der Waals surface area contributed by atoms with Crippen LogP contribution in [0.1, 0.15) is 316 Å². The Morgan fingerprint density at radius 1 is 0.493 bits per heavy atom. The number of hydrogen-bond acceptors (Lipinski definition) is 6. The van der Waals surface area contributed by atoms with Gasteiger partial charge in [0, 0.05) is 6.42 Å². The molecule has 0 aliphatic heterocycles. The van der Waals surface area contributed by atoms with E-state index in [0.717, 1.165) is 44.9 Å². The van der Waals surface area contributed by atoms with Crippen molar-refractivity contribution in [2.24, 2.45) is 0 Å². The number of carbonyl (C=O) groups is 1. The first-order valence-electron chi connectivity index (χ1n) is 31.2. The Kier molecular flexibility index (Phi) is 53.0. The van der Waals surface area contributed by atoms with Crippen LogP contribution >= 0.6 is 7.82 Å². The summed E-state index contributed by atoms with van der Waals surface area (Å²) in [5.74, 6) is -0.159. The maximum atomic E-state index is 13.0. The highest BCUT2D eigenvalue weighted by Crippen LogP contribution is 2.38. The Labute approximate surface area is 443 Å². The fourth-order valence-corrected chi connectivity index (χ4v) is 10.3. The lowest BCUT2D eigenvalue weighted by Crippen LogP contribution is -2.46. The third-order valence-electron chi connectivity index (χ3n) is 14.4. The zero-order chi connectivity index (χ0) is 52.0. The number of phosphoric acid groups is 1. The molecular formula is C62H123N2O6P. The summed E-state index contributed by atoms with van der Waals surface area (Å²) in [5, 5.41) is 14.0. The van der Waals surface area contributed by atoms with Crippen LogP contribution < -0.4 is 10.2 Å². The maximum Gasteiger partial charge on any atom is 0.268 e. The minimum absolute atomic E-state index is 0.0150. The van der Waals surface area contributed by atoms with Crippen molar-refractivity contribution in [3.63, 3.8) is 0 Å². The van der Waals surface area contributed by atoms with Gasteiger partial charge in [0.2, 0.25) is 5.91 Å². The van der Waals surface area contributed by atoms with E-state index in [-0.39, 0.29) is 19.1 Å². The Balaban J connectivity index is 3.91. The van der Waals surface area contributed by atoms with Crippen LogP contribution in [0.25, 0.3) is 0 Å². The van der Waals surface area contributed by atoms with Gasteiger partial charge in [-0.05, 0) is 44.9 Å². The number of phosphoric ester groups is 1. The second kappa shape index (κ2) is 53.8. The van der Waals surface area contributed by atoms with Crippen molar-refractivity contribution in [1.82, 2.24) is 5.32 Å². The predicted octanol–water partition coefficient (Wildman–Crippen LogP) is 18.5. The molecule has 0 spiro atoms. The third-order valence-corrected chi connectivity index (χ3v) is 15.4. The fourth-order valence-electron chi connectivity index (χ4n) is 9.54. The van der Waals surface area contributed by atoms with Crippen LogP contribution in [0, 0.1) is 0 Å². The maximum absolute atomic E-state index is 13.0. The van der Waals surface area contributed by atoms with E-state index >= 15 is 0 Å². The van der Waals surface area contributed by atoms with Crippen LogP contribution in [0.5, 0.6) is 0 Å². The molecule has 3 atom stereocenters. The summed E-state index contributed by atoms with van der Waals surface area (Å²) in [6.45, 7) is 4.75. The molecule has 9 heteroatoms. The molecule has 0 saturated heterocycles. The molecular weight excluding hydrogens is 900 g/mol. The normalized spacial score (nSPS) is 14.0. The molecule has 0 aromatic carbocycles. The van der Waals surface area contributed by atoms with Crippen LogP contribution in [-0.4, -0.2) is 68.5 Å². The van der Waals surface area contributed by atoms with Crippen LogP contribution in [0.15, 0.2) is 24.3 Å². The Morgan fingerprint density at radius 3 is 1.17 bits per heavy atom. The number of nitrogens with one attached hydrogen (secondary N) is 1. The zero-order valence-corrected chi connectivity index (χ0v) is 49.1. The average molecular weight is 1020 g/mol. The largest absolute Gasteiger partial charge is 0.756 e. The highest BCUT2D eigenvalue weighted by atomic mass is 31.2. The molecule has 2 N–H and O–H groups in total. The predicted molar refractivity (Wildman–Crippen MR) is 307 cm³/mol. The van der Waals surface area contributed by atoms with Gasteiger partial charge in [-0.25, -0.2) is 0 Å². The van der Waals surface area contributed by atoms with E-state index in [1.807, 2.05) is 21.1 Å². The number of unbranched alkanes of at least 4 members (excludes halogenated alkanes) is 41. The number of quaternary nitrogens is 1. The molecule has 422 valence electrons.